The summed E-state index contributed by atoms with van der Waals surface area (Å²) in [6.07, 6.45) is 17.1. The van der Waals surface area contributed by atoms with Crippen LogP contribution in [0.3, 0.4) is 0 Å². The van der Waals surface area contributed by atoms with E-state index in [-0.39, 0.29) is 0 Å². The summed E-state index contributed by atoms with van der Waals surface area (Å²) in [7, 11) is 0. The standard InChI is InChI=1S/C14H26O/c1-2-15-14-12-10-8-6-4-3-5-7-9-11-13-14/h2,14H,1,3-13H2. The van der Waals surface area contributed by atoms with Gasteiger partial charge in [0.25, 0.3) is 0 Å². The summed E-state index contributed by atoms with van der Waals surface area (Å²) in [5.41, 5.74) is 0. The van der Waals surface area contributed by atoms with Gasteiger partial charge in [0, 0.05) is 0 Å². The molecule has 0 unspecified atom stereocenters. The first-order valence-corrected chi connectivity index (χ1v) is 6.70. The van der Waals surface area contributed by atoms with Gasteiger partial charge in [-0.25, -0.2) is 0 Å². The third-order valence-electron chi connectivity index (χ3n) is 3.34. The molecule has 0 bridgehead atoms. The van der Waals surface area contributed by atoms with Gasteiger partial charge >= 0.3 is 0 Å². The lowest BCUT2D eigenvalue weighted by Gasteiger charge is -2.17. The van der Waals surface area contributed by atoms with E-state index >= 15 is 0 Å². The molecule has 0 amide bonds. The Morgan fingerprint density at radius 3 is 1.53 bits per heavy atom. The van der Waals surface area contributed by atoms with Crippen molar-refractivity contribution in [3.63, 3.8) is 0 Å². The van der Waals surface area contributed by atoms with Gasteiger partial charge in [0.05, 0.1) is 12.4 Å². The molecule has 88 valence electrons. The Bertz CT molecular complexity index is 141. The van der Waals surface area contributed by atoms with Gasteiger partial charge < -0.3 is 4.74 Å². The second-order valence-corrected chi connectivity index (χ2v) is 4.68. The fourth-order valence-corrected chi connectivity index (χ4v) is 2.40. The van der Waals surface area contributed by atoms with Crippen molar-refractivity contribution >= 4 is 0 Å². The first-order chi connectivity index (χ1) is 7.43. The zero-order valence-corrected chi connectivity index (χ0v) is 10.0. The van der Waals surface area contributed by atoms with Crippen LogP contribution in [0.15, 0.2) is 12.8 Å². The highest BCUT2D eigenvalue weighted by molar-refractivity contribution is 4.64. The highest BCUT2D eigenvalue weighted by Gasteiger charge is 2.08. The van der Waals surface area contributed by atoms with Gasteiger partial charge in [0.1, 0.15) is 0 Å². The maximum absolute atomic E-state index is 5.55. The van der Waals surface area contributed by atoms with Crippen LogP contribution < -0.4 is 0 Å². The molecule has 0 heterocycles. The number of hydrogen-bond acceptors (Lipinski definition) is 1. The molecule has 1 aliphatic rings. The second kappa shape index (κ2) is 8.82. The molecule has 1 saturated carbocycles. The van der Waals surface area contributed by atoms with Crippen molar-refractivity contribution in [1.29, 1.82) is 0 Å². The average molecular weight is 210 g/mol. The maximum Gasteiger partial charge on any atom is 0.0978 e. The molecule has 15 heavy (non-hydrogen) atoms. The Balaban J connectivity index is 2.22. The van der Waals surface area contributed by atoms with Gasteiger partial charge in [-0.3, -0.25) is 0 Å². The molecule has 0 aromatic rings. The molecule has 1 heteroatoms. The van der Waals surface area contributed by atoms with Crippen molar-refractivity contribution < 1.29 is 4.74 Å². The largest absolute Gasteiger partial charge is 0.499 e. The summed E-state index contributed by atoms with van der Waals surface area (Å²) in [4.78, 5) is 0. The zero-order valence-electron chi connectivity index (χ0n) is 10.0. The fraction of sp³-hybridized carbons (Fsp3) is 0.857. The van der Waals surface area contributed by atoms with Gasteiger partial charge in [-0.2, -0.15) is 0 Å². The Hall–Kier alpha value is -0.460. The van der Waals surface area contributed by atoms with E-state index in [1.165, 1.54) is 70.6 Å². The highest BCUT2D eigenvalue weighted by atomic mass is 16.5. The minimum atomic E-state index is 0.446. The molecular formula is C14H26O. The van der Waals surface area contributed by atoms with Crippen molar-refractivity contribution in [2.75, 3.05) is 0 Å². The second-order valence-electron chi connectivity index (χ2n) is 4.68. The Kier molecular flexibility index (Phi) is 7.41. The van der Waals surface area contributed by atoms with E-state index in [0.717, 1.165) is 0 Å². The minimum absolute atomic E-state index is 0.446. The van der Waals surface area contributed by atoms with Gasteiger partial charge in [-0.15, -0.1) is 0 Å². The first-order valence-electron chi connectivity index (χ1n) is 6.70. The number of hydrogen-bond donors (Lipinski definition) is 0. The molecule has 1 fully saturated rings. The number of ether oxygens (including phenoxy) is 1. The van der Waals surface area contributed by atoms with Crippen molar-refractivity contribution in [3.05, 3.63) is 12.8 Å². The summed E-state index contributed by atoms with van der Waals surface area (Å²) in [5, 5.41) is 0. The molecule has 0 atom stereocenters. The van der Waals surface area contributed by atoms with Crippen molar-refractivity contribution in [1.82, 2.24) is 0 Å². The van der Waals surface area contributed by atoms with Crippen LogP contribution in [-0.4, -0.2) is 6.10 Å². The summed E-state index contributed by atoms with van der Waals surface area (Å²) in [6, 6.07) is 0. The zero-order chi connectivity index (χ0) is 10.8. The van der Waals surface area contributed by atoms with E-state index in [2.05, 4.69) is 6.58 Å². The van der Waals surface area contributed by atoms with Crippen molar-refractivity contribution in [2.24, 2.45) is 0 Å². The molecule has 0 aliphatic heterocycles. The first kappa shape index (κ1) is 12.6. The predicted octanol–water partition coefficient (Wildman–Crippen LogP) is 4.82. The Morgan fingerprint density at radius 2 is 1.13 bits per heavy atom. The predicted molar refractivity (Wildman–Crippen MR) is 65.9 cm³/mol. The molecule has 0 radical (unpaired) electrons. The minimum Gasteiger partial charge on any atom is -0.499 e. The van der Waals surface area contributed by atoms with Crippen LogP contribution in [0.4, 0.5) is 0 Å². The van der Waals surface area contributed by atoms with E-state index in [4.69, 9.17) is 4.74 Å². The molecule has 0 aromatic heterocycles. The molecule has 1 rings (SSSR count). The van der Waals surface area contributed by atoms with Gasteiger partial charge in [-0.1, -0.05) is 51.5 Å². The monoisotopic (exact) mass is 210 g/mol. The van der Waals surface area contributed by atoms with E-state index < -0.39 is 0 Å². The van der Waals surface area contributed by atoms with Crippen LogP contribution >= 0.6 is 0 Å². The van der Waals surface area contributed by atoms with E-state index in [1.54, 1.807) is 6.26 Å². The van der Waals surface area contributed by atoms with Crippen LogP contribution in [0.2, 0.25) is 0 Å². The molecular weight excluding hydrogens is 184 g/mol. The Labute approximate surface area is 94.9 Å². The summed E-state index contributed by atoms with van der Waals surface area (Å²) >= 11 is 0. The molecule has 1 aliphatic carbocycles. The van der Waals surface area contributed by atoms with Crippen molar-refractivity contribution in [2.45, 2.75) is 76.7 Å². The van der Waals surface area contributed by atoms with Crippen LogP contribution in [0.5, 0.6) is 0 Å². The van der Waals surface area contributed by atoms with Crippen LogP contribution in [0.25, 0.3) is 0 Å². The van der Waals surface area contributed by atoms with Gasteiger partial charge in [0.15, 0.2) is 0 Å². The maximum atomic E-state index is 5.55. The van der Waals surface area contributed by atoms with Crippen LogP contribution in [0, 0.1) is 0 Å². The molecule has 0 aromatic carbocycles. The molecule has 0 saturated heterocycles. The fourth-order valence-electron chi connectivity index (χ4n) is 2.40. The number of rotatable bonds is 2. The lowest BCUT2D eigenvalue weighted by Crippen LogP contribution is -2.09. The van der Waals surface area contributed by atoms with Crippen LogP contribution in [-0.2, 0) is 4.74 Å². The lowest BCUT2D eigenvalue weighted by molar-refractivity contribution is 0.121. The quantitative estimate of drug-likeness (QED) is 0.594. The van der Waals surface area contributed by atoms with Crippen molar-refractivity contribution in [3.8, 4) is 0 Å². The average Bonchev–Trinajstić information content (AvgIpc) is 2.22. The van der Waals surface area contributed by atoms with E-state index in [0.29, 0.717) is 6.10 Å². The Morgan fingerprint density at radius 1 is 0.733 bits per heavy atom. The summed E-state index contributed by atoms with van der Waals surface area (Å²) in [5.74, 6) is 0. The van der Waals surface area contributed by atoms with Gasteiger partial charge in [-0.05, 0) is 25.7 Å². The SMILES string of the molecule is C=COC1CCCCCCCCCCC1. The third kappa shape index (κ3) is 6.59. The summed E-state index contributed by atoms with van der Waals surface area (Å²) < 4.78 is 5.55. The topological polar surface area (TPSA) is 9.23 Å². The highest BCUT2D eigenvalue weighted by Crippen LogP contribution is 2.18. The lowest BCUT2D eigenvalue weighted by atomic mass is 9.99. The van der Waals surface area contributed by atoms with Gasteiger partial charge in [0.2, 0.25) is 0 Å². The normalized spacial score (nSPS) is 22.4. The smallest absolute Gasteiger partial charge is 0.0978 e. The van der Waals surface area contributed by atoms with E-state index in [1.807, 2.05) is 0 Å². The molecule has 0 spiro atoms. The molecule has 1 nitrogen and oxygen atoms in total. The van der Waals surface area contributed by atoms with Crippen LogP contribution in [0.1, 0.15) is 70.6 Å². The van der Waals surface area contributed by atoms with E-state index in [9.17, 15) is 0 Å². The summed E-state index contributed by atoms with van der Waals surface area (Å²) in [6.45, 7) is 3.66. The molecule has 0 N–H and O–H groups in total. The third-order valence-corrected chi connectivity index (χ3v) is 3.34.